The first kappa shape index (κ1) is 49.7. The first-order chi connectivity index (χ1) is 31.3. The van der Waals surface area contributed by atoms with Crippen molar-refractivity contribution in [2.24, 2.45) is 0 Å². The molecule has 0 spiro atoms. The van der Waals surface area contributed by atoms with E-state index in [0.29, 0.717) is 0 Å². The van der Waals surface area contributed by atoms with E-state index in [-0.39, 0.29) is 60.7 Å². The van der Waals surface area contributed by atoms with Gasteiger partial charge in [0.05, 0.1) is 0 Å². The van der Waals surface area contributed by atoms with Gasteiger partial charge in [0.2, 0.25) is 39.9 Å². The Labute approximate surface area is 373 Å². The Kier molecular flexibility index (Phi) is 12.2. The van der Waals surface area contributed by atoms with Gasteiger partial charge < -0.3 is 107 Å². The van der Waals surface area contributed by atoms with Crippen molar-refractivity contribution in [2.45, 2.75) is 28.5 Å². The quantitative estimate of drug-likeness (QED) is 0.0318. The number of aliphatic hydroxyl groups is 5. The molecule has 0 radical (unpaired) electrons. The molecule has 0 aliphatic rings. The first-order valence-corrected chi connectivity index (χ1v) is 18.1. The van der Waals surface area contributed by atoms with Gasteiger partial charge in [-0.2, -0.15) is 0 Å². The van der Waals surface area contributed by atoms with E-state index in [4.69, 9.17) is 0 Å². The van der Waals surface area contributed by atoms with E-state index in [9.17, 15) is 122 Å². The lowest BCUT2D eigenvalue weighted by molar-refractivity contribution is -0.244. The van der Waals surface area contributed by atoms with Gasteiger partial charge in [0, 0.05) is 27.8 Å². The third-order valence-corrected chi connectivity index (χ3v) is 10.6. The maximum atomic E-state index is 15.3. The van der Waals surface area contributed by atoms with Crippen LogP contribution in [-0.4, -0.2) is 171 Å². The van der Waals surface area contributed by atoms with Crippen molar-refractivity contribution < 1.29 is 136 Å². The highest BCUT2D eigenvalue weighted by molar-refractivity contribution is 6.27. The highest BCUT2D eigenvalue weighted by Gasteiger charge is 2.84. The molecular formula is C41H32O27. The summed E-state index contributed by atoms with van der Waals surface area (Å²) in [6, 6.07) is -0.453. The van der Waals surface area contributed by atoms with Crippen molar-refractivity contribution in [1.82, 2.24) is 0 Å². The molecule has 0 bridgehead atoms. The number of Topliss-reactive ketones (excluding diaryl/α,β-unsaturated/α-hetero) is 5. The molecule has 27 heteroatoms. The number of hydrogen-bond donors (Lipinski definition) is 21. The molecule has 21 N–H and O–H groups in total. The number of carboxylic acid groups (broad SMARTS) is 1. The van der Waals surface area contributed by atoms with Crippen molar-refractivity contribution in [3.8, 4) is 86.2 Å². The number of hydrogen-bond acceptors (Lipinski definition) is 26. The minimum absolute atomic E-state index is 0.0473. The number of phenolic OH excluding ortho intramolecular Hbond substituents is 15. The largest absolute Gasteiger partial charge is 0.504 e. The van der Waals surface area contributed by atoms with Gasteiger partial charge in [0.25, 0.3) is 5.60 Å². The van der Waals surface area contributed by atoms with Crippen LogP contribution in [0.5, 0.6) is 86.2 Å². The summed E-state index contributed by atoms with van der Waals surface area (Å²) < 4.78 is 0. The third kappa shape index (κ3) is 7.08. The zero-order chi connectivity index (χ0) is 51.7. The molecule has 0 saturated heterocycles. The molecule has 5 atom stereocenters. The number of carbonyl (C=O) groups excluding carboxylic acids is 5. The van der Waals surface area contributed by atoms with Crippen LogP contribution < -0.4 is 0 Å². The summed E-state index contributed by atoms with van der Waals surface area (Å²) in [4.78, 5) is 88.0. The number of benzene rings is 5. The minimum Gasteiger partial charge on any atom is -0.504 e. The van der Waals surface area contributed by atoms with Gasteiger partial charge in [-0.25, -0.2) is 4.79 Å². The second-order valence-electron chi connectivity index (χ2n) is 14.6. The van der Waals surface area contributed by atoms with Gasteiger partial charge in [-0.1, -0.05) is 0 Å². The monoisotopic (exact) mass is 956 g/mol. The number of carboxylic acids is 1. The summed E-state index contributed by atoms with van der Waals surface area (Å²) in [7, 11) is 0. The summed E-state index contributed by atoms with van der Waals surface area (Å²) in [6.45, 7) is 0. The number of aliphatic carboxylic acids is 1. The van der Waals surface area contributed by atoms with Crippen molar-refractivity contribution >= 4 is 34.9 Å². The average Bonchev–Trinajstić information content (AvgIpc) is 3.28. The molecule has 1 unspecified atom stereocenters. The molecule has 0 amide bonds. The van der Waals surface area contributed by atoms with Crippen LogP contribution in [0.2, 0.25) is 0 Å². The van der Waals surface area contributed by atoms with Crippen LogP contribution in [0, 0.1) is 0 Å². The molecule has 5 rings (SSSR count). The number of aromatic hydroxyl groups is 15. The third-order valence-electron chi connectivity index (χ3n) is 10.6. The van der Waals surface area contributed by atoms with Crippen LogP contribution in [0.25, 0.3) is 0 Å². The van der Waals surface area contributed by atoms with Gasteiger partial charge in [0.15, 0.2) is 98.1 Å². The zero-order valence-corrected chi connectivity index (χ0v) is 33.2. The van der Waals surface area contributed by atoms with Crippen molar-refractivity contribution in [2.75, 3.05) is 0 Å². The Morgan fingerprint density at radius 1 is 0.338 bits per heavy atom. The molecule has 0 saturated carbocycles. The maximum absolute atomic E-state index is 15.3. The number of phenols is 15. The Morgan fingerprint density at radius 2 is 0.559 bits per heavy atom. The normalized spacial score (nSPS) is 15.4. The Balaban J connectivity index is 2.16. The average molecular weight is 957 g/mol. The summed E-state index contributed by atoms with van der Waals surface area (Å²) in [6.07, 6.45) is -4.32. The molecule has 0 heterocycles. The molecule has 27 nitrogen and oxygen atoms in total. The maximum Gasteiger partial charge on any atom is 0.347 e. The van der Waals surface area contributed by atoms with E-state index >= 15 is 14.4 Å². The van der Waals surface area contributed by atoms with Gasteiger partial charge in [-0.15, -0.1) is 0 Å². The fourth-order valence-corrected chi connectivity index (χ4v) is 6.99. The Hall–Kier alpha value is -9.28. The number of ketones is 5. The number of aliphatic hydroxyl groups excluding tert-OH is 1. The van der Waals surface area contributed by atoms with Crippen LogP contribution in [0.15, 0.2) is 60.7 Å². The Morgan fingerprint density at radius 3 is 0.824 bits per heavy atom. The molecule has 0 aliphatic heterocycles. The lowest BCUT2D eigenvalue weighted by Crippen LogP contribution is -2.87. The summed E-state index contributed by atoms with van der Waals surface area (Å²) in [5, 5.41) is 228. The van der Waals surface area contributed by atoms with Gasteiger partial charge >= 0.3 is 5.97 Å². The molecule has 5 aromatic carbocycles. The summed E-state index contributed by atoms with van der Waals surface area (Å²) >= 11 is 0. The predicted molar refractivity (Wildman–Crippen MR) is 212 cm³/mol. The van der Waals surface area contributed by atoms with E-state index in [1.54, 1.807) is 0 Å². The molecule has 358 valence electrons. The van der Waals surface area contributed by atoms with E-state index in [1.165, 1.54) is 0 Å². The van der Waals surface area contributed by atoms with Crippen molar-refractivity contribution in [3.05, 3.63) is 88.5 Å². The summed E-state index contributed by atoms with van der Waals surface area (Å²) in [5.41, 5.74) is -31.9. The van der Waals surface area contributed by atoms with Crippen LogP contribution in [0.4, 0.5) is 0 Å². The van der Waals surface area contributed by atoms with Crippen LogP contribution in [0.3, 0.4) is 0 Å². The van der Waals surface area contributed by atoms with Crippen molar-refractivity contribution in [1.29, 1.82) is 0 Å². The topological polar surface area (TPSA) is 527 Å². The predicted octanol–water partition coefficient (Wildman–Crippen LogP) is -1.65. The van der Waals surface area contributed by atoms with E-state index in [2.05, 4.69) is 0 Å². The zero-order valence-electron chi connectivity index (χ0n) is 33.2. The van der Waals surface area contributed by atoms with E-state index in [0.717, 1.165) is 0 Å². The lowest BCUT2D eigenvalue weighted by Gasteiger charge is -2.53. The molecule has 0 aliphatic carbocycles. The lowest BCUT2D eigenvalue weighted by atomic mass is 9.54. The first-order valence-electron chi connectivity index (χ1n) is 18.1. The second kappa shape index (κ2) is 16.6. The number of carbonyl (C=O) groups is 6. The van der Waals surface area contributed by atoms with Crippen LogP contribution >= 0.6 is 0 Å². The van der Waals surface area contributed by atoms with E-state index < -0.39 is 177 Å². The molecule has 0 aromatic heterocycles. The molecule has 5 aromatic rings. The summed E-state index contributed by atoms with van der Waals surface area (Å²) in [5.74, 6) is -41.6. The van der Waals surface area contributed by atoms with Gasteiger partial charge in [-0.3, -0.25) is 24.0 Å². The van der Waals surface area contributed by atoms with Crippen LogP contribution in [0.1, 0.15) is 51.8 Å². The van der Waals surface area contributed by atoms with Gasteiger partial charge in [-0.05, 0) is 60.7 Å². The fraction of sp³-hybridized carbons (Fsp3) is 0.122. The highest BCUT2D eigenvalue weighted by atomic mass is 16.5. The van der Waals surface area contributed by atoms with Gasteiger partial charge in [0.1, 0.15) is 0 Å². The number of rotatable bonds is 15. The smallest absolute Gasteiger partial charge is 0.347 e. The van der Waals surface area contributed by atoms with E-state index in [1.807, 2.05) is 0 Å². The fourth-order valence-electron chi connectivity index (χ4n) is 6.99. The molecule has 68 heavy (non-hydrogen) atoms. The molecule has 0 fully saturated rings. The Bertz CT molecular complexity index is 2920. The van der Waals surface area contributed by atoms with Crippen molar-refractivity contribution in [3.63, 3.8) is 0 Å². The molecular weight excluding hydrogens is 924 g/mol. The standard InChI is InChI=1S/C41H32O27/c42-16-1-11(2-17(43)27(16)53)26(52)36(62)38(65,32(58)12-3-18(44)28(54)19(45)4-12)40(67,34(60)14-7-22(48)30(56)23(49)8-14)41(68,35(61)15-9-24(50)31(57)25(51)10-15)39(66,37(63)64)33(59)13-5-20(46)29(55)21(47)6-13/h1-10,36,42-51,53-57,62,65-68H,(H,63,64)/t36?,38-,39+,40-,41-/m1/s1. The SMILES string of the molecule is O=C(c1cc(O)c(O)c(O)c1)C(O)[C@](O)(C(=O)c1cc(O)c(O)c(O)c1)[C@](O)(C(=O)c1cc(O)c(O)c(O)c1)[C@@](O)(C(=O)c1cc(O)c(O)c(O)c1)[C@@](O)(C(=O)O)C(=O)c1cc(O)c(O)c(O)c1. The second-order valence-corrected chi connectivity index (χ2v) is 14.6. The van der Waals surface area contributed by atoms with Crippen LogP contribution in [-0.2, 0) is 4.79 Å². The highest BCUT2D eigenvalue weighted by Crippen LogP contribution is 2.52. The minimum atomic E-state index is -6.01.